The summed E-state index contributed by atoms with van der Waals surface area (Å²) in [5.41, 5.74) is -4.98. The van der Waals surface area contributed by atoms with Gasteiger partial charge < -0.3 is 9.13 Å². The van der Waals surface area contributed by atoms with Gasteiger partial charge >= 0.3 is 11.4 Å². The Morgan fingerprint density at radius 3 is 1.43 bits per heavy atom. The van der Waals surface area contributed by atoms with E-state index in [0.29, 0.717) is 32.8 Å². The number of aryl methyl sites for hydroxylation is 2. The lowest BCUT2D eigenvalue weighted by atomic mass is 10.2. The summed E-state index contributed by atoms with van der Waals surface area (Å²) in [6.07, 6.45) is 1.56. The van der Waals surface area contributed by atoms with Crippen molar-refractivity contribution in [2.75, 3.05) is 21.5 Å². The van der Waals surface area contributed by atoms with Crippen LogP contribution in [-0.2, 0) is 34.1 Å². The lowest BCUT2D eigenvalue weighted by Gasteiger charge is -2.23. The molecule has 2 aromatic heterocycles. The number of halogens is 7. The zero-order chi connectivity index (χ0) is 49.0. The van der Waals surface area contributed by atoms with E-state index in [9.17, 15) is 63.2 Å². The highest BCUT2D eigenvalue weighted by molar-refractivity contribution is 7.93. The highest BCUT2D eigenvalue weighted by Crippen LogP contribution is 2.33. The summed E-state index contributed by atoms with van der Waals surface area (Å²) < 4.78 is 109. The number of hydrogen-bond donors (Lipinski definition) is 1. The maximum absolute atomic E-state index is 14.8. The molecule has 0 bridgehead atoms. The number of anilines is 2. The molecule has 0 unspecified atom stereocenters. The van der Waals surface area contributed by atoms with Gasteiger partial charge in [0.25, 0.3) is 22.3 Å². The first-order chi connectivity index (χ1) is 30.1. The van der Waals surface area contributed by atoms with E-state index in [2.05, 4.69) is 4.72 Å². The molecule has 16 nitrogen and oxygen atoms in total. The molecular formula is C40H33Cl3F4N6O10S2. The number of rotatable bonds is 8. The largest absolute Gasteiger partial charge is 0.335 e. The molecule has 0 fully saturated rings. The van der Waals surface area contributed by atoms with Crippen molar-refractivity contribution in [1.82, 2.24) is 18.3 Å². The van der Waals surface area contributed by atoms with Gasteiger partial charge in [-0.3, -0.25) is 23.9 Å². The fourth-order valence-electron chi connectivity index (χ4n) is 5.56. The maximum Gasteiger partial charge on any atom is 0.335 e. The Morgan fingerprint density at radius 1 is 0.615 bits per heavy atom. The van der Waals surface area contributed by atoms with E-state index < -0.39 is 105 Å². The minimum Gasteiger partial charge on any atom is -0.301 e. The molecule has 0 saturated heterocycles. The molecule has 0 atom stereocenters. The number of nitrogens with zero attached hydrogens (tertiary/aromatic N) is 5. The number of benzene rings is 4. The number of sulfonamides is 2. The van der Waals surface area contributed by atoms with Crippen LogP contribution in [-0.4, -0.2) is 58.8 Å². The van der Waals surface area contributed by atoms with Gasteiger partial charge in [0.05, 0.1) is 56.4 Å². The number of carbonyl (C=O) groups is 2. The van der Waals surface area contributed by atoms with Crippen LogP contribution in [0, 0.1) is 37.1 Å². The average molecular weight is 1000 g/mol. The molecule has 4 aromatic carbocycles. The van der Waals surface area contributed by atoms with E-state index >= 15 is 0 Å². The molecule has 65 heavy (non-hydrogen) atoms. The summed E-state index contributed by atoms with van der Waals surface area (Å²) >= 11 is 16.9. The Balaban J connectivity index is 0.000000243. The van der Waals surface area contributed by atoms with Crippen molar-refractivity contribution in [3.8, 4) is 11.4 Å². The number of amides is 1. The Hall–Kier alpha value is -6.33. The first kappa shape index (κ1) is 51.3. The van der Waals surface area contributed by atoms with Gasteiger partial charge in [-0.05, 0) is 74.0 Å². The van der Waals surface area contributed by atoms with Crippen LogP contribution in [0.15, 0.2) is 104 Å². The number of hydrogen-bond acceptors (Lipinski definition) is 10. The number of carbonyl (C=O) groups excluding carboxylic acids is 2. The summed E-state index contributed by atoms with van der Waals surface area (Å²) in [7, 11) is -5.30. The third-order valence-electron chi connectivity index (χ3n) is 8.87. The fraction of sp³-hybridized carbons (Fsp3) is 0.150. The zero-order valence-electron chi connectivity index (χ0n) is 34.4. The topological polar surface area (TPSA) is 206 Å². The monoisotopic (exact) mass is 1000 g/mol. The number of aromatic nitrogens is 4. The van der Waals surface area contributed by atoms with Crippen LogP contribution in [0.1, 0.15) is 32.1 Å². The van der Waals surface area contributed by atoms with Gasteiger partial charge in [-0.1, -0.05) is 47.5 Å². The fourth-order valence-corrected chi connectivity index (χ4v) is 7.73. The summed E-state index contributed by atoms with van der Waals surface area (Å²) in [4.78, 5) is 72.7. The molecule has 0 saturated carbocycles. The Bertz CT molecular complexity index is 3380. The smallest absolute Gasteiger partial charge is 0.301 e. The summed E-state index contributed by atoms with van der Waals surface area (Å²) in [5.74, 6) is -4.92. The van der Waals surface area contributed by atoms with Crippen LogP contribution in [0.25, 0.3) is 11.4 Å². The van der Waals surface area contributed by atoms with Gasteiger partial charge in [0.2, 0.25) is 20.0 Å². The third kappa shape index (κ3) is 11.9. The van der Waals surface area contributed by atoms with Crippen molar-refractivity contribution in [3.05, 3.63) is 182 Å². The lowest BCUT2D eigenvalue weighted by Crippen LogP contribution is -2.39. The molecule has 0 aliphatic heterocycles. The summed E-state index contributed by atoms with van der Waals surface area (Å²) in [5, 5.41) is -1.48. The van der Waals surface area contributed by atoms with E-state index in [0.717, 1.165) is 47.2 Å². The molecule has 0 spiro atoms. The standard InChI is InChI=1S/C20H16ClF2N3O5S.C13H13ClFN3O4S.C7H4ClFO/c1-11-8-18(27)25(20(29)24(11)2)17-10-16(13(21)9-15(17)23)26(32(3,30)31)19(28)12-6-4-5-7-14(12)22;1-7-4-12(19)18(13(20)17(7)2)11-6-10(16-23(3,21)22)8(14)5-9(11)15;8-7(10)5-3-1-2-4-6(5)9/h4-10H,1-3H3;4-6,16H,1-3H3;1-4H. The minimum absolute atomic E-state index is 0.0795. The van der Waals surface area contributed by atoms with Crippen molar-refractivity contribution in [2.24, 2.45) is 14.1 Å². The second-order valence-electron chi connectivity index (χ2n) is 13.6. The molecule has 0 radical (unpaired) electrons. The Labute approximate surface area is 381 Å². The molecule has 25 heteroatoms. The normalized spacial score (nSPS) is 11.2. The molecule has 6 aromatic rings. The van der Waals surface area contributed by atoms with Crippen LogP contribution in [0.3, 0.4) is 0 Å². The van der Waals surface area contributed by atoms with Gasteiger partial charge in [0.15, 0.2) is 0 Å². The highest BCUT2D eigenvalue weighted by atomic mass is 35.5. The molecule has 344 valence electrons. The maximum atomic E-state index is 14.8. The van der Waals surface area contributed by atoms with Crippen LogP contribution < -0.4 is 31.5 Å². The van der Waals surface area contributed by atoms with Crippen molar-refractivity contribution in [2.45, 2.75) is 13.8 Å². The third-order valence-corrected chi connectivity index (χ3v) is 11.3. The van der Waals surface area contributed by atoms with E-state index in [1.54, 1.807) is 13.0 Å². The van der Waals surface area contributed by atoms with Gasteiger partial charge in [-0.15, -0.1) is 0 Å². The summed E-state index contributed by atoms with van der Waals surface area (Å²) in [6.45, 7) is 3.05. The zero-order valence-corrected chi connectivity index (χ0v) is 38.3. The first-order valence-corrected chi connectivity index (χ1v) is 22.7. The van der Waals surface area contributed by atoms with Crippen LogP contribution in [0.4, 0.5) is 28.9 Å². The first-order valence-electron chi connectivity index (χ1n) is 17.9. The van der Waals surface area contributed by atoms with Crippen molar-refractivity contribution < 1.29 is 44.0 Å². The van der Waals surface area contributed by atoms with E-state index in [1.165, 1.54) is 62.0 Å². The molecule has 1 amide bonds. The summed E-state index contributed by atoms with van der Waals surface area (Å²) in [6, 6.07) is 15.7. The Morgan fingerprint density at radius 2 is 1.03 bits per heavy atom. The van der Waals surface area contributed by atoms with Crippen molar-refractivity contribution >= 4 is 77.4 Å². The molecular weight excluding hydrogens is 971 g/mol. The quantitative estimate of drug-likeness (QED) is 0.148. The van der Waals surface area contributed by atoms with E-state index in [1.807, 2.05) is 0 Å². The highest BCUT2D eigenvalue weighted by Gasteiger charge is 2.32. The predicted octanol–water partition coefficient (Wildman–Crippen LogP) is 5.60. The molecule has 1 N–H and O–H groups in total. The van der Waals surface area contributed by atoms with Gasteiger partial charge in [-0.2, -0.15) is 0 Å². The number of nitrogens with one attached hydrogen (secondary N) is 1. The second kappa shape index (κ2) is 20.2. The molecule has 0 aliphatic carbocycles. The average Bonchev–Trinajstić information content (AvgIpc) is 3.19. The van der Waals surface area contributed by atoms with Crippen LogP contribution in [0.5, 0.6) is 0 Å². The molecule has 0 aliphatic rings. The van der Waals surface area contributed by atoms with E-state index in [-0.39, 0.29) is 20.6 Å². The van der Waals surface area contributed by atoms with Crippen LogP contribution >= 0.6 is 34.8 Å². The lowest BCUT2D eigenvalue weighted by molar-refractivity contribution is 0.100. The van der Waals surface area contributed by atoms with Gasteiger partial charge in [-0.25, -0.2) is 57.4 Å². The van der Waals surface area contributed by atoms with E-state index in [4.69, 9.17) is 34.8 Å². The van der Waals surface area contributed by atoms with Crippen LogP contribution in [0.2, 0.25) is 10.0 Å². The van der Waals surface area contributed by atoms with Gasteiger partial charge in [0, 0.05) is 37.6 Å². The second-order valence-corrected chi connectivity index (χ2v) is 18.3. The minimum atomic E-state index is -4.41. The molecule has 2 heterocycles. The van der Waals surface area contributed by atoms with Gasteiger partial charge in [0.1, 0.15) is 23.3 Å². The molecule has 6 rings (SSSR count). The SMILES string of the molecule is Cc1cc(=O)n(-c2cc(N(C(=O)c3ccccc3F)S(C)(=O)=O)c(Cl)cc2F)c(=O)n1C.Cc1cc(=O)n(-c2cc(NS(C)(=O)=O)c(Cl)cc2F)c(=O)n1C.O=C(Cl)c1ccccc1F. The van der Waals surface area contributed by atoms with Crippen molar-refractivity contribution in [1.29, 1.82) is 0 Å². The predicted molar refractivity (Wildman–Crippen MR) is 237 cm³/mol. The Kier molecular flexibility index (Phi) is 16.0. The van der Waals surface area contributed by atoms with Crippen molar-refractivity contribution in [3.63, 3.8) is 0 Å².